The van der Waals surface area contributed by atoms with E-state index >= 15 is 0 Å². The Kier molecular flexibility index (Phi) is 4.70. The highest BCUT2D eigenvalue weighted by Gasteiger charge is 2.43. The van der Waals surface area contributed by atoms with Gasteiger partial charge in [-0.15, -0.1) is 0 Å². The predicted molar refractivity (Wildman–Crippen MR) is 108 cm³/mol. The van der Waals surface area contributed by atoms with Crippen LogP contribution in [0.1, 0.15) is 24.0 Å². The first-order chi connectivity index (χ1) is 13.0. The lowest BCUT2D eigenvalue weighted by molar-refractivity contribution is -0.120. The van der Waals surface area contributed by atoms with E-state index in [9.17, 15) is 9.59 Å². The highest BCUT2D eigenvalue weighted by atomic mass is 35.5. The summed E-state index contributed by atoms with van der Waals surface area (Å²) >= 11 is 12.2. The van der Waals surface area contributed by atoms with Gasteiger partial charge in [-0.3, -0.25) is 9.59 Å². The van der Waals surface area contributed by atoms with Crippen LogP contribution in [-0.2, 0) is 9.59 Å². The van der Waals surface area contributed by atoms with E-state index in [0.29, 0.717) is 27.0 Å². The minimum absolute atomic E-state index is 0.323. The number of benzene rings is 2. The Balaban J connectivity index is 1.85. The summed E-state index contributed by atoms with van der Waals surface area (Å²) < 4.78 is 0. The van der Waals surface area contributed by atoms with Crippen LogP contribution in [0.15, 0.2) is 48.2 Å². The second-order valence-electron chi connectivity index (χ2n) is 6.86. The average molecular weight is 401 g/mol. The zero-order chi connectivity index (χ0) is 19.1. The molecule has 0 bridgehead atoms. The zero-order valence-electron chi connectivity index (χ0n) is 14.8. The average Bonchev–Trinajstić information content (AvgIpc) is 3.21. The summed E-state index contributed by atoms with van der Waals surface area (Å²) in [5, 5.41) is 0.759. The van der Waals surface area contributed by atoms with Crippen molar-refractivity contribution in [1.29, 1.82) is 0 Å². The number of hydrogen-bond donors (Lipinski definition) is 0. The molecule has 6 heteroatoms. The van der Waals surface area contributed by atoms with Gasteiger partial charge in [0, 0.05) is 23.1 Å². The van der Waals surface area contributed by atoms with Crippen LogP contribution in [0.2, 0.25) is 10.0 Å². The normalized spacial score (nSPS) is 17.4. The number of carbonyl (C=O) groups excluding carboxylic acids is 2. The molecule has 0 aliphatic carbocycles. The summed E-state index contributed by atoms with van der Waals surface area (Å²) in [5.74, 6) is -0.667. The highest BCUT2D eigenvalue weighted by molar-refractivity contribution is 6.46. The Morgan fingerprint density at radius 3 is 2.04 bits per heavy atom. The lowest BCUT2D eigenvalue weighted by atomic mass is 10.0. The Morgan fingerprint density at radius 1 is 0.852 bits per heavy atom. The Labute approximate surface area is 168 Å². The molecule has 0 saturated carbocycles. The molecule has 0 atom stereocenters. The summed E-state index contributed by atoms with van der Waals surface area (Å²) in [6.45, 7) is 3.53. The number of hydrogen-bond acceptors (Lipinski definition) is 3. The van der Waals surface area contributed by atoms with Gasteiger partial charge in [-0.1, -0.05) is 53.0 Å². The van der Waals surface area contributed by atoms with Crippen molar-refractivity contribution in [1.82, 2.24) is 4.90 Å². The van der Waals surface area contributed by atoms with Gasteiger partial charge < -0.3 is 4.90 Å². The number of halogens is 2. The van der Waals surface area contributed by atoms with Crippen molar-refractivity contribution in [3.05, 3.63) is 69.3 Å². The van der Waals surface area contributed by atoms with Gasteiger partial charge in [0.15, 0.2) is 0 Å². The molecule has 4 rings (SSSR count). The van der Waals surface area contributed by atoms with Crippen molar-refractivity contribution < 1.29 is 9.59 Å². The smallest absolute Gasteiger partial charge is 0.282 e. The van der Waals surface area contributed by atoms with Crippen molar-refractivity contribution in [2.24, 2.45) is 0 Å². The van der Waals surface area contributed by atoms with Crippen molar-refractivity contribution in [3.63, 3.8) is 0 Å². The summed E-state index contributed by atoms with van der Waals surface area (Å²) in [6.07, 6.45) is 2.02. The molecule has 2 amide bonds. The van der Waals surface area contributed by atoms with E-state index in [1.807, 2.05) is 36.1 Å². The molecule has 1 fully saturated rings. The van der Waals surface area contributed by atoms with Crippen LogP contribution in [0.5, 0.6) is 0 Å². The fourth-order valence-electron chi connectivity index (χ4n) is 3.64. The molecule has 2 aromatic rings. The molecular weight excluding hydrogens is 383 g/mol. The monoisotopic (exact) mass is 400 g/mol. The number of likely N-dealkylation sites (tertiary alicyclic amines) is 1. The molecular formula is C21H18Cl2N2O2. The molecule has 27 heavy (non-hydrogen) atoms. The maximum Gasteiger partial charge on any atom is 0.282 e. The van der Waals surface area contributed by atoms with E-state index < -0.39 is 0 Å². The maximum atomic E-state index is 13.3. The van der Waals surface area contributed by atoms with E-state index in [0.717, 1.165) is 37.1 Å². The quantitative estimate of drug-likeness (QED) is 0.702. The molecule has 0 N–H and O–H groups in total. The van der Waals surface area contributed by atoms with Crippen molar-refractivity contribution in [2.45, 2.75) is 19.8 Å². The molecule has 0 aromatic heterocycles. The van der Waals surface area contributed by atoms with Gasteiger partial charge in [0.2, 0.25) is 0 Å². The van der Waals surface area contributed by atoms with Crippen molar-refractivity contribution in [3.8, 4) is 0 Å². The van der Waals surface area contributed by atoms with Crippen molar-refractivity contribution >= 4 is 46.3 Å². The number of imide groups is 1. The van der Waals surface area contributed by atoms with Crippen LogP contribution >= 0.6 is 23.2 Å². The highest BCUT2D eigenvalue weighted by Crippen LogP contribution is 2.37. The molecule has 4 nitrogen and oxygen atoms in total. The third-order valence-electron chi connectivity index (χ3n) is 4.93. The van der Waals surface area contributed by atoms with Gasteiger partial charge in [0.1, 0.15) is 5.70 Å². The topological polar surface area (TPSA) is 40.6 Å². The summed E-state index contributed by atoms with van der Waals surface area (Å²) in [6, 6.07) is 12.4. The van der Waals surface area contributed by atoms with Gasteiger partial charge in [0.25, 0.3) is 11.8 Å². The number of amides is 2. The maximum absolute atomic E-state index is 13.3. The van der Waals surface area contributed by atoms with Crippen LogP contribution in [0.4, 0.5) is 5.69 Å². The summed E-state index contributed by atoms with van der Waals surface area (Å²) in [4.78, 5) is 29.8. The second-order valence-corrected chi connectivity index (χ2v) is 7.73. The molecule has 2 aliphatic rings. The fraction of sp³-hybridized carbons (Fsp3) is 0.238. The van der Waals surface area contributed by atoms with Gasteiger partial charge >= 0.3 is 0 Å². The largest absolute Gasteiger partial charge is 0.366 e. The third-order valence-corrected chi connectivity index (χ3v) is 5.36. The van der Waals surface area contributed by atoms with Crippen LogP contribution in [0.3, 0.4) is 0 Å². The lowest BCUT2D eigenvalue weighted by Gasteiger charge is -2.20. The van der Waals surface area contributed by atoms with Crippen LogP contribution < -0.4 is 4.90 Å². The van der Waals surface area contributed by atoms with Crippen LogP contribution in [-0.4, -0.2) is 29.8 Å². The SMILES string of the molecule is Cc1ccc(C2=C(N3CCCC3)C(=O)N(c3cc(Cl)cc(Cl)c3)C2=O)cc1. The minimum Gasteiger partial charge on any atom is -0.366 e. The van der Waals surface area contributed by atoms with E-state index in [1.54, 1.807) is 18.2 Å². The standard InChI is InChI=1S/C21H18Cl2N2O2/c1-13-4-6-14(7-5-13)18-19(24-8-2-3-9-24)21(27)25(20(18)26)17-11-15(22)10-16(23)12-17/h4-7,10-12H,2-3,8-9H2,1H3. The lowest BCUT2D eigenvalue weighted by Crippen LogP contribution is -2.34. The van der Waals surface area contributed by atoms with Gasteiger partial charge in [-0.25, -0.2) is 4.90 Å². The molecule has 0 radical (unpaired) electrons. The van der Waals surface area contributed by atoms with Crippen LogP contribution in [0.25, 0.3) is 5.57 Å². The molecule has 2 aliphatic heterocycles. The molecule has 0 spiro atoms. The first-order valence-electron chi connectivity index (χ1n) is 8.87. The molecule has 138 valence electrons. The summed E-state index contributed by atoms with van der Waals surface area (Å²) in [5.41, 5.74) is 3.14. The van der Waals surface area contributed by atoms with E-state index in [-0.39, 0.29) is 11.8 Å². The molecule has 1 saturated heterocycles. The zero-order valence-corrected chi connectivity index (χ0v) is 16.3. The number of nitrogens with zero attached hydrogens (tertiary/aromatic N) is 2. The number of anilines is 1. The van der Waals surface area contributed by atoms with E-state index in [1.165, 1.54) is 4.90 Å². The Morgan fingerprint density at radius 2 is 1.44 bits per heavy atom. The summed E-state index contributed by atoms with van der Waals surface area (Å²) in [7, 11) is 0. The Bertz CT molecular complexity index is 940. The predicted octanol–water partition coefficient (Wildman–Crippen LogP) is 4.68. The first kappa shape index (κ1) is 18.1. The van der Waals surface area contributed by atoms with E-state index in [2.05, 4.69) is 0 Å². The molecule has 2 heterocycles. The first-order valence-corrected chi connectivity index (χ1v) is 9.62. The second kappa shape index (κ2) is 7.02. The number of carbonyl (C=O) groups is 2. The van der Waals surface area contributed by atoms with Gasteiger partial charge in [0.05, 0.1) is 11.3 Å². The number of aryl methyl sites for hydroxylation is 1. The van der Waals surface area contributed by atoms with Gasteiger partial charge in [-0.2, -0.15) is 0 Å². The fourth-order valence-corrected chi connectivity index (χ4v) is 4.15. The molecule has 0 unspecified atom stereocenters. The Hall–Kier alpha value is -2.30. The minimum atomic E-state index is -0.343. The van der Waals surface area contributed by atoms with Crippen LogP contribution in [0, 0.1) is 6.92 Å². The van der Waals surface area contributed by atoms with Gasteiger partial charge in [-0.05, 0) is 43.5 Å². The number of rotatable bonds is 3. The molecule has 2 aromatic carbocycles. The van der Waals surface area contributed by atoms with Crippen molar-refractivity contribution in [2.75, 3.05) is 18.0 Å². The van der Waals surface area contributed by atoms with E-state index in [4.69, 9.17) is 23.2 Å². The third kappa shape index (κ3) is 3.24.